The smallest absolute Gasteiger partial charge is 0.192 e. The minimum atomic E-state index is 0.0984. The van der Waals surface area contributed by atoms with Crippen molar-refractivity contribution in [2.75, 3.05) is 14.2 Å². The Bertz CT molecular complexity index is 888. The molecule has 182 valence electrons. The number of phenols is 1. The Kier molecular flexibility index (Phi) is 16.5. The second-order valence-electron chi connectivity index (χ2n) is 6.15. The Hall–Kier alpha value is -2.61. The molecule has 0 aromatic heterocycles. The van der Waals surface area contributed by atoms with Gasteiger partial charge in [-0.15, -0.1) is 0 Å². The number of rotatable bonds is 6. The summed E-state index contributed by atoms with van der Waals surface area (Å²) < 4.78 is 20.8. The van der Waals surface area contributed by atoms with Gasteiger partial charge in [-0.2, -0.15) is 0 Å². The predicted octanol–water partition coefficient (Wildman–Crippen LogP) is 8.54. The molecule has 6 heteroatoms. The fourth-order valence-corrected chi connectivity index (χ4v) is 3.12. The minimum Gasteiger partial charge on any atom is -0.504 e. The lowest BCUT2D eigenvalue weighted by Crippen LogP contribution is -1.87. The van der Waals surface area contributed by atoms with Gasteiger partial charge in [0.15, 0.2) is 34.5 Å². The Balaban J connectivity index is 0.000000564. The van der Waals surface area contributed by atoms with Crippen molar-refractivity contribution in [3.05, 3.63) is 71.8 Å². The van der Waals surface area contributed by atoms with Crippen molar-refractivity contribution in [1.82, 2.24) is 0 Å². The maximum Gasteiger partial charge on any atom is 0.192 e. The molecule has 0 saturated carbocycles. The minimum absolute atomic E-state index is 0.0984. The van der Waals surface area contributed by atoms with Gasteiger partial charge >= 0.3 is 0 Å². The van der Waals surface area contributed by atoms with Crippen LogP contribution in [0.4, 0.5) is 0 Å². The van der Waals surface area contributed by atoms with E-state index in [1.54, 1.807) is 43.3 Å². The van der Waals surface area contributed by atoms with E-state index < -0.39 is 0 Å². The van der Waals surface area contributed by atoms with E-state index in [4.69, 9.17) is 17.3 Å². The zero-order valence-electron chi connectivity index (χ0n) is 20.9. The summed E-state index contributed by atoms with van der Waals surface area (Å²) in [7, 11) is 3.21. The lowest BCUT2D eigenvalue weighted by molar-refractivity contribution is 0.403. The summed E-state index contributed by atoms with van der Waals surface area (Å²) in [6, 6.07) is 19.0. The van der Waals surface area contributed by atoms with E-state index in [2.05, 4.69) is 19.1 Å². The van der Waals surface area contributed by atoms with Crippen LogP contribution in [0.2, 0.25) is 0 Å². The number of halogens is 1. The summed E-state index contributed by atoms with van der Waals surface area (Å²) in [6.07, 6.45) is 1.01. The monoisotopic (exact) mass is 568 g/mol. The van der Waals surface area contributed by atoms with Gasteiger partial charge in [-0.1, -0.05) is 46.8 Å². The molecule has 5 nitrogen and oxygen atoms in total. The molecule has 33 heavy (non-hydrogen) atoms. The highest BCUT2D eigenvalue weighted by molar-refractivity contribution is 14.1. The first-order valence-corrected chi connectivity index (χ1v) is 12.0. The number of phenolic OH excluding ortho intramolecular Hbond substituents is 1. The average Bonchev–Trinajstić information content (AvgIpc) is 2.87. The van der Waals surface area contributed by atoms with Crippen molar-refractivity contribution in [3.8, 4) is 34.5 Å². The molecule has 0 unspecified atom stereocenters. The largest absolute Gasteiger partial charge is 0.504 e. The quantitative estimate of drug-likeness (QED) is 0.302. The zero-order chi connectivity index (χ0) is 25.2. The van der Waals surface area contributed by atoms with Crippen LogP contribution in [0.3, 0.4) is 0 Å². The van der Waals surface area contributed by atoms with Crippen LogP contribution < -0.4 is 17.3 Å². The first-order valence-electron chi connectivity index (χ1n) is 11.1. The van der Waals surface area contributed by atoms with Crippen molar-refractivity contribution in [2.24, 2.45) is 0 Å². The number of methoxy groups -OCH3 is 2. The Morgan fingerprint density at radius 1 is 0.758 bits per heavy atom. The van der Waals surface area contributed by atoms with Gasteiger partial charge in [-0.3, -0.25) is 0 Å². The number of aromatic hydroxyl groups is 1. The van der Waals surface area contributed by atoms with Crippen LogP contribution in [0.1, 0.15) is 45.7 Å². The Morgan fingerprint density at radius 3 is 1.82 bits per heavy atom. The van der Waals surface area contributed by atoms with Crippen LogP contribution in [0.5, 0.6) is 34.5 Å². The third-order valence-electron chi connectivity index (χ3n) is 4.14. The summed E-state index contributed by atoms with van der Waals surface area (Å²) in [5, 5.41) is 9.39. The molecule has 3 aromatic carbocycles. The molecule has 0 aliphatic rings. The van der Waals surface area contributed by atoms with Gasteiger partial charge in [0.25, 0.3) is 0 Å². The van der Waals surface area contributed by atoms with Gasteiger partial charge in [-0.05, 0) is 66.9 Å². The zero-order valence-corrected chi connectivity index (χ0v) is 23.1. The molecule has 0 bridgehead atoms. The Labute approximate surface area is 213 Å². The van der Waals surface area contributed by atoms with Crippen LogP contribution in [-0.4, -0.2) is 19.3 Å². The summed E-state index contributed by atoms with van der Waals surface area (Å²) in [5.74, 6) is 3.73. The van der Waals surface area contributed by atoms with E-state index in [1.807, 2.05) is 71.0 Å². The maximum atomic E-state index is 9.39. The van der Waals surface area contributed by atoms with E-state index >= 15 is 0 Å². The van der Waals surface area contributed by atoms with Crippen LogP contribution in [0.15, 0.2) is 60.7 Å². The lowest BCUT2D eigenvalue weighted by atomic mass is 10.2. The summed E-state index contributed by atoms with van der Waals surface area (Å²) in [6.45, 7) is 12.0. The highest BCUT2D eigenvalue weighted by Gasteiger charge is 2.07. The molecule has 0 aliphatic heterocycles. The van der Waals surface area contributed by atoms with Crippen molar-refractivity contribution in [3.63, 3.8) is 0 Å². The molecule has 0 fully saturated rings. The fourth-order valence-electron chi connectivity index (χ4n) is 2.55. The second kappa shape index (κ2) is 17.9. The van der Waals surface area contributed by atoms with E-state index in [0.29, 0.717) is 11.5 Å². The fraction of sp³-hybridized carbons (Fsp3) is 0.333. The molecule has 3 rings (SSSR count). The number of hydrogen-bond donors (Lipinski definition) is 1. The summed E-state index contributed by atoms with van der Waals surface area (Å²) in [4.78, 5) is 0. The molecule has 0 radical (unpaired) electrons. The van der Waals surface area contributed by atoms with Crippen LogP contribution in [-0.2, 0) is 6.42 Å². The second-order valence-corrected chi connectivity index (χ2v) is 6.59. The van der Waals surface area contributed by atoms with Gasteiger partial charge < -0.3 is 22.4 Å². The van der Waals surface area contributed by atoms with Gasteiger partial charge in [0.1, 0.15) is 23.0 Å². The summed E-state index contributed by atoms with van der Waals surface area (Å²) >= 11 is 1.73. The van der Waals surface area contributed by atoms with Gasteiger partial charge in [0, 0.05) is 6.07 Å². The highest BCUT2D eigenvalue weighted by Crippen LogP contribution is 2.35. The molecule has 0 heterocycles. The molecule has 0 saturated heterocycles. The molecule has 0 aliphatic carbocycles. The summed E-state index contributed by atoms with van der Waals surface area (Å²) in [5.41, 5.74) is 2.12. The van der Waals surface area contributed by atoms with Crippen molar-refractivity contribution < 1.29 is 22.4 Å². The van der Waals surface area contributed by atoms with Gasteiger partial charge in [-0.25, -0.2) is 0 Å². The lowest BCUT2D eigenvalue weighted by Gasteiger charge is -2.07. The first-order chi connectivity index (χ1) is 16.0. The van der Waals surface area contributed by atoms with Gasteiger partial charge in [0.05, 0.1) is 14.2 Å². The number of hydrogen-bond acceptors (Lipinski definition) is 5. The van der Waals surface area contributed by atoms with Crippen LogP contribution in [0, 0.1) is 6.92 Å². The van der Waals surface area contributed by atoms with E-state index in [-0.39, 0.29) is 5.75 Å². The normalized spacial score (nSPS) is 9.00. The molecular formula is C27H37IO5. The molecule has 0 amide bonds. The molecule has 3 aromatic rings. The molecule has 1 N–H and O–H groups in total. The molecule has 0 atom stereocenters. The van der Waals surface area contributed by atoms with Gasteiger partial charge in [0.2, 0.25) is 0 Å². The number of ether oxygens (including phenoxy) is 3. The molecular weight excluding hydrogens is 531 g/mol. The standard InChI is InChI=1S/C15H16O2.C8H9IO3.2C2H6/c1-3-12-5-4-6-15(11-12)17-14-9-7-13(16-2)8-10-14;1-5-3-6(11-2)4-7(10)8(5)12-9;2*1-2/h4-11H,3H2,1-2H3;3-4,10H,1-2H3;2*1-2H3. The highest BCUT2D eigenvalue weighted by atomic mass is 127. The van der Waals surface area contributed by atoms with Crippen molar-refractivity contribution >= 4 is 23.0 Å². The number of aryl methyl sites for hydroxylation is 2. The molecule has 0 spiro atoms. The van der Waals surface area contributed by atoms with Crippen molar-refractivity contribution in [2.45, 2.75) is 48.0 Å². The van der Waals surface area contributed by atoms with E-state index in [1.165, 1.54) is 11.6 Å². The predicted molar refractivity (Wildman–Crippen MR) is 146 cm³/mol. The third kappa shape index (κ3) is 10.7. The Morgan fingerprint density at radius 2 is 1.33 bits per heavy atom. The maximum absolute atomic E-state index is 9.39. The van der Waals surface area contributed by atoms with Crippen LogP contribution in [0.25, 0.3) is 0 Å². The third-order valence-corrected chi connectivity index (χ3v) is 4.58. The SMILES string of the molecule is CC.CC.CCc1cccc(Oc2ccc(OC)cc2)c1.COc1cc(C)c(OI)c(O)c1. The number of benzene rings is 3. The van der Waals surface area contributed by atoms with Crippen LogP contribution >= 0.6 is 23.0 Å². The van der Waals surface area contributed by atoms with E-state index in [9.17, 15) is 5.11 Å². The first kappa shape index (κ1) is 30.4. The average molecular weight is 568 g/mol. The topological polar surface area (TPSA) is 57.2 Å². The van der Waals surface area contributed by atoms with E-state index in [0.717, 1.165) is 29.2 Å². The van der Waals surface area contributed by atoms with Crippen molar-refractivity contribution in [1.29, 1.82) is 0 Å².